The maximum Gasteiger partial charge on any atom is 0.270 e. The highest BCUT2D eigenvalue weighted by atomic mass is 35.5. The Bertz CT molecular complexity index is 103. The highest BCUT2D eigenvalue weighted by molar-refractivity contribution is 7.46. The van der Waals surface area contributed by atoms with Crippen LogP contribution in [0.3, 0.4) is 0 Å². The summed E-state index contributed by atoms with van der Waals surface area (Å²) in [4.78, 5) is 0. The monoisotopic (exact) mass is 172 g/mol. The molecule has 4 heteroatoms. The molecule has 0 aromatic heterocycles. The third-order valence-corrected chi connectivity index (χ3v) is 1.69. The summed E-state index contributed by atoms with van der Waals surface area (Å²) in [5.41, 5.74) is 0.682. The minimum atomic E-state index is -2.78. The number of allylic oxidation sites excluding steroid dienone is 2. The van der Waals surface area contributed by atoms with Gasteiger partial charge in [0.2, 0.25) is 0 Å². The van der Waals surface area contributed by atoms with Crippen molar-refractivity contribution < 1.29 is 8.39 Å². The van der Waals surface area contributed by atoms with Crippen LogP contribution in [0, 0.1) is 0 Å². The van der Waals surface area contributed by atoms with Crippen LogP contribution in [0.2, 0.25) is 0 Å². The Labute approximate surface area is 59.9 Å². The highest BCUT2D eigenvalue weighted by Crippen LogP contribution is 2.40. The average molecular weight is 173 g/mol. The first-order chi connectivity index (χ1) is 4.16. The van der Waals surface area contributed by atoms with Gasteiger partial charge in [0.1, 0.15) is 0 Å². The molecule has 0 fully saturated rings. The summed E-state index contributed by atoms with van der Waals surface area (Å²) in [6, 6.07) is 0. The summed E-state index contributed by atoms with van der Waals surface area (Å²) in [6.45, 7) is 1.66. The zero-order valence-electron chi connectivity index (χ0n) is 5.07. The topological polar surface area (TPSA) is 0 Å². The van der Waals surface area contributed by atoms with Crippen LogP contribution in [0.25, 0.3) is 0 Å². The molecule has 0 heterocycles. The fourth-order valence-corrected chi connectivity index (χ4v) is 1.15. The maximum atomic E-state index is 11.6. The predicted octanol–water partition coefficient (Wildman–Crippen LogP) is 3.42. The van der Waals surface area contributed by atoms with Gasteiger partial charge in [-0.05, 0) is 6.92 Å². The first-order valence-electron chi connectivity index (χ1n) is 2.47. The Morgan fingerprint density at radius 2 is 2.22 bits per heavy atom. The molecular formula is C5H8ClF2P. The van der Waals surface area contributed by atoms with E-state index in [9.17, 15) is 8.39 Å². The Morgan fingerprint density at radius 1 is 1.67 bits per heavy atom. The summed E-state index contributed by atoms with van der Waals surface area (Å²) in [5, 5.41) is 0. The van der Waals surface area contributed by atoms with E-state index in [-0.39, 0.29) is 6.16 Å². The van der Waals surface area contributed by atoms with Crippen LogP contribution in [0.4, 0.5) is 8.39 Å². The van der Waals surface area contributed by atoms with Gasteiger partial charge in [-0.1, -0.05) is 11.6 Å². The van der Waals surface area contributed by atoms with Crippen molar-refractivity contribution in [3.8, 4) is 0 Å². The molecular weight excluding hydrogens is 164 g/mol. The second kappa shape index (κ2) is 5.13. The van der Waals surface area contributed by atoms with Crippen molar-refractivity contribution in [1.82, 2.24) is 0 Å². The van der Waals surface area contributed by atoms with Crippen LogP contribution in [0.15, 0.2) is 11.6 Å². The lowest BCUT2D eigenvalue weighted by Crippen LogP contribution is -1.79. The molecule has 0 N–H and O–H groups in total. The molecule has 0 spiro atoms. The largest absolute Gasteiger partial charge is 0.270 e. The normalized spacial score (nSPS) is 12.8. The lowest BCUT2D eigenvalue weighted by Gasteiger charge is -1.95. The second-order valence-corrected chi connectivity index (χ2v) is 2.90. The number of alkyl halides is 1. The van der Waals surface area contributed by atoms with Crippen molar-refractivity contribution in [2.75, 3.05) is 12.0 Å². The summed E-state index contributed by atoms with van der Waals surface area (Å²) in [5.74, 6) is 0.328. The van der Waals surface area contributed by atoms with E-state index >= 15 is 0 Å². The Kier molecular flexibility index (Phi) is 5.31. The zero-order valence-corrected chi connectivity index (χ0v) is 6.72. The smallest absolute Gasteiger partial charge is 0.188 e. The van der Waals surface area contributed by atoms with Gasteiger partial charge in [0.15, 0.2) is 0 Å². The van der Waals surface area contributed by atoms with E-state index in [4.69, 9.17) is 11.6 Å². The Hall–Kier alpha value is 0.320. The second-order valence-electron chi connectivity index (χ2n) is 1.67. The van der Waals surface area contributed by atoms with Gasteiger partial charge < -0.3 is 0 Å². The van der Waals surface area contributed by atoms with E-state index < -0.39 is 8.54 Å². The van der Waals surface area contributed by atoms with Gasteiger partial charge in [-0.15, -0.1) is 11.6 Å². The van der Waals surface area contributed by atoms with E-state index in [1.54, 1.807) is 13.0 Å². The van der Waals surface area contributed by atoms with E-state index in [1.807, 2.05) is 0 Å². The Balaban J connectivity index is 3.49. The molecule has 0 aliphatic rings. The molecule has 0 radical (unpaired) electrons. The van der Waals surface area contributed by atoms with Gasteiger partial charge >= 0.3 is 0 Å². The number of rotatable bonds is 3. The molecule has 0 rings (SSSR count). The third-order valence-electron chi connectivity index (χ3n) is 0.795. The van der Waals surface area contributed by atoms with E-state index in [0.29, 0.717) is 11.5 Å². The van der Waals surface area contributed by atoms with Crippen molar-refractivity contribution >= 4 is 20.1 Å². The third kappa shape index (κ3) is 6.20. The van der Waals surface area contributed by atoms with Crippen molar-refractivity contribution in [1.29, 1.82) is 0 Å². The van der Waals surface area contributed by atoms with Gasteiger partial charge in [-0.3, -0.25) is 0 Å². The van der Waals surface area contributed by atoms with Crippen LogP contribution in [-0.2, 0) is 0 Å². The predicted molar refractivity (Wildman–Crippen MR) is 38.5 cm³/mol. The summed E-state index contributed by atoms with van der Waals surface area (Å²) >= 11 is 5.27. The average Bonchev–Trinajstić information content (AvgIpc) is 1.63. The standard InChI is InChI=1S/C5H8ClF2P/c1-5(2-3-6)4-9(7)8/h2H,3-4H2,1H3/b5-2+. The molecule has 0 unspecified atom stereocenters. The molecule has 9 heavy (non-hydrogen) atoms. The van der Waals surface area contributed by atoms with Crippen LogP contribution in [-0.4, -0.2) is 12.0 Å². The number of hydrogen-bond donors (Lipinski definition) is 0. The number of hydrogen-bond acceptors (Lipinski definition) is 0. The number of halogens is 3. The molecule has 0 bridgehead atoms. The molecule has 0 saturated heterocycles. The van der Waals surface area contributed by atoms with Gasteiger partial charge in [0.05, 0.1) is 0 Å². The first-order valence-corrected chi connectivity index (χ1v) is 4.32. The molecule has 0 amide bonds. The zero-order chi connectivity index (χ0) is 7.28. The van der Waals surface area contributed by atoms with E-state index in [2.05, 4.69) is 0 Å². The lowest BCUT2D eigenvalue weighted by molar-refractivity contribution is 0.746. The van der Waals surface area contributed by atoms with Crippen molar-refractivity contribution in [2.45, 2.75) is 6.92 Å². The summed E-state index contributed by atoms with van der Waals surface area (Å²) < 4.78 is 23.2. The molecule has 0 aromatic carbocycles. The van der Waals surface area contributed by atoms with Crippen molar-refractivity contribution in [2.24, 2.45) is 0 Å². The summed E-state index contributed by atoms with van der Waals surface area (Å²) in [6.07, 6.45) is 1.51. The van der Waals surface area contributed by atoms with Gasteiger partial charge in [0.25, 0.3) is 8.54 Å². The van der Waals surface area contributed by atoms with Crippen LogP contribution in [0.1, 0.15) is 6.92 Å². The summed E-state index contributed by atoms with van der Waals surface area (Å²) in [7, 11) is -2.78. The molecule has 0 aliphatic heterocycles. The minimum absolute atomic E-state index is 0.0952. The molecule has 0 aromatic rings. The maximum absolute atomic E-state index is 11.6. The molecule has 0 nitrogen and oxygen atoms in total. The van der Waals surface area contributed by atoms with E-state index in [1.165, 1.54) is 0 Å². The van der Waals surface area contributed by atoms with Crippen molar-refractivity contribution in [3.63, 3.8) is 0 Å². The van der Waals surface area contributed by atoms with Crippen LogP contribution >= 0.6 is 20.1 Å². The molecule has 0 saturated carbocycles. The minimum Gasteiger partial charge on any atom is -0.188 e. The Morgan fingerprint density at radius 3 is 2.56 bits per heavy atom. The fraction of sp³-hybridized carbons (Fsp3) is 0.600. The van der Waals surface area contributed by atoms with Gasteiger partial charge in [-0.25, -0.2) is 0 Å². The molecule has 0 atom stereocenters. The molecule has 0 aliphatic carbocycles. The van der Waals surface area contributed by atoms with Gasteiger partial charge in [-0.2, -0.15) is 8.39 Å². The fourth-order valence-electron chi connectivity index (χ4n) is 0.385. The lowest BCUT2D eigenvalue weighted by atomic mass is 10.3. The van der Waals surface area contributed by atoms with Gasteiger partial charge in [0, 0.05) is 12.0 Å². The first kappa shape index (κ1) is 9.32. The van der Waals surface area contributed by atoms with Crippen LogP contribution in [0.5, 0.6) is 0 Å². The highest BCUT2D eigenvalue weighted by Gasteiger charge is 2.03. The van der Waals surface area contributed by atoms with Crippen LogP contribution < -0.4 is 0 Å². The quantitative estimate of drug-likeness (QED) is 0.348. The van der Waals surface area contributed by atoms with E-state index in [0.717, 1.165) is 0 Å². The molecule has 54 valence electrons. The SMILES string of the molecule is C/C(=C\CCl)CP(F)F. The van der Waals surface area contributed by atoms with Crippen molar-refractivity contribution in [3.05, 3.63) is 11.6 Å².